The Morgan fingerprint density at radius 2 is 2.33 bits per heavy atom. The zero-order valence-electron chi connectivity index (χ0n) is 13.3. The molecule has 0 radical (unpaired) electrons. The number of amides is 1. The molecule has 1 aliphatic rings. The van der Waals surface area contributed by atoms with Crippen LogP contribution in [0.5, 0.6) is 0 Å². The summed E-state index contributed by atoms with van der Waals surface area (Å²) in [7, 11) is 4.10. The van der Waals surface area contributed by atoms with E-state index in [0.717, 1.165) is 32.7 Å². The Kier molecular flexibility index (Phi) is 5.76. The maximum Gasteiger partial charge on any atom is 0.272 e. The van der Waals surface area contributed by atoms with Crippen LogP contribution in [0, 0.1) is 5.92 Å². The summed E-state index contributed by atoms with van der Waals surface area (Å²) in [4.78, 5) is 16.8. The van der Waals surface area contributed by atoms with Crippen molar-refractivity contribution in [2.45, 2.75) is 19.9 Å². The Morgan fingerprint density at radius 1 is 1.52 bits per heavy atom. The Hall–Kier alpha value is -1.40. The molecule has 1 atom stereocenters. The predicted molar refractivity (Wildman–Crippen MR) is 81.3 cm³/mol. The van der Waals surface area contributed by atoms with Gasteiger partial charge < -0.3 is 14.5 Å². The van der Waals surface area contributed by atoms with E-state index < -0.39 is 0 Å². The first-order chi connectivity index (χ1) is 10.1. The van der Waals surface area contributed by atoms with Gasteiger partial charge in [-0.15, -0.1) is 0 Å². The van der Waals surface area contributed by atoms with Crippen molar-refractivity contribution >= 4 is 5.91 Å². The second-order valence-electron chi connectivity index (χ2n) is 5.89. The van der Waals surface area contributed by atoms with Crippen LogP contribution in [0.1, 0.15) is 23.8 Å². The molecule has 118 valence electrons. The van der Waals surface area contributed by atoms with Gasteiger partial charge in [0.05, 0.1) is 13.2 Å². The predicted octanol–water partition coefficient (Wildman–Crippen LogP) is 0.943. The van der Waals surface area contributed by atoms with Crippen LogP contribution in [0.3, 0.4) is 0 Å². The molecule has 1 aromatic rings. The highest BCUT2D eigenvalue weighted by atomic mass is 16.5. The van der Waals surface area contributed by atoms with Crippen molar-refractivity contribution in [3.8, 4) is 0 Å². The standard InChI is InChI=1S/C15H26N4O2/c1-4-7-19-14(5-6-16-19)15(20)18-8-9-21-12-13(11-18)10-17(2)3/h5-6,13H,4,7-12H2,1-3H3/t13-/m1/s1. The van der Waals surface area contributed by atoms with Crippen molar-refractivity contribution in [3.05, 3.63) is 18.0 Å². The summed E-state index contributed by atoms with van der Waals surface area (Å²) in [6.45, 7) is 6.52. The third-order valence-electron chi connectivity index (χ3n) is 3.62. The smallest absolute Gasteiger partial charge is 0.272 e. The molecule has 1 fully saturated rings. The second-order valence-corrected chi connectivity index (χ2v) is 5.89. The van der Waals surface area contributed by atoms with E-state index in [9.17, 15) is 4.79 Å². The summed E-state index contributed by atoms with van der Waals surface area (Å²) >= 11 is 0. The molecule has 6 nitrogen and oxygen atoms in total. The third-order valence-corrected chi connectivity index (χ3v) is 3.62. The zero-order valence-corrected chi connectivity index (χ0v) is 13.3. The molecule has 1 amide bonds. The Morgan fingerprint density at radius 3 is 3.05 bits per heavy atom. The SMILES string of the molecule is CCCn1nccc1C(=O)N1CCOC[C@H](CN(C)C)C1. The van der Waals surface area contributed by atoms with Gasteiger partial charge in [-0.25, -0.2) is 0 Å². The summed E-state index contributed by atoms with van der Waals surface area (Å²) in [5.74, 6) is 0.421. The van der Waals surface area contributed by atoms with Crippen LogP contribution in [0.2, 0.25) is 0 Å². The monoisotopic (exact) mass is 294 g/mol. The number of carbonyl (C=O) groups is 1. The number of aromatic nitrogens is 2. The number of hydrogen-bond donors (Lipinski definition) is 0. The maximum absolute atomic E-state index is 12.7. The largest absolute Gasteiger partial charge is 0.379 e. The Balaban J connectivity index is 2.07. The van der Waals surface area contributed by atoms with Crippen LogP contribution < -0.4 is 0 Å². The van der Waals surface area contributed by atoms with Crippen LogP contribution in [-0.4, -0.2) is 72.4 Å². The van der Waals surface area contributed by atoms with Gasteiger partial charge >= 0.3 is 0 Å². The molecule has 0 spiro atoms. The van der Waals surface area contributed by atoms with Gasteiger partial charge in [0.15, 0.2) is 0 Å². The van der Waals surface area contributed by atoms with Crippen molar-refractivity contribution in [2.24, 2.45) is 5.92 Å². The third kappa shape index (κ3) is 4.28. The van der Waals surface area contributed by atoms with E-state index in [4.69, 9.17) is 4.74 Å². The van der Waals surface area contributed by atoms with Gasteiger partial charge in [-0.1, -0.05) is 6.92 Å². The summed E-state index contributed by atoms with van der Waals surface area (Å²) in [6.07, 6.45) is 2.67. The molecule has 1 aromatic heterocycles. The number of nitrogens with zero attached hydrogens (tertiary/aromatic N) is 4. The van der Waals surface area contributed by atoms with Crippen molar-refractivity contribution < 1.29 is 9.53 Å². The first kappa shape index (κ1) is 16.0. The quantitative estimate of drug-likeness (QED) is 0.811. The lowest BCUT2D eigenvalue weighted by Gasteiger charge is -2.25. The van der Waals surface area contributed by atoms with Crippen molar-refractivity contribution in [2.75, 3.05) is 46.9 Å². The Labute approximate surface area is 126 Å². The molecule has 0 unspecified atom stereocenters. The van der Waals surface area contributed by atoms with Crippen LogP contribution >= 0.6 is 0 Å². The molecular formula is C15H26N4O2. The fraction of sp³-hybridized carbons (Fsp3) is 0.733. The molecule has 6 heteroatoms. The Bertz CT molecular complexity index is 458. The van der Waals surface area contributed by atoms with Gasteiger partial charge in [0.1, 0.15) is 5.69 Å². The van der Waals surface area contributed by atoms with Crippen molar-refractivity contribution in [1.29, 1.82) is 0 Å². The molecule has 1 saturated heterocycles. The summed E-state index contributed by atoms with van der Waals surface area (Å²) < 4.78 is 7.44. The second kappa shape index (κ2) is 7.56. The first-order valence-electron chi connectivity index (χ1n) is 7.65. The van der Waals surface area contributed by atoms with Gasteiger partial charge in [0, 0.05) is 38.3 Å². The minimum Gasteiger partial charge on any atom is -0.379 e. The maximum atomic E-state index is 12.7. The van der Waals surface area contributed by atoms with Crippen molar-refractivity contribution in [3.63, 3.8) is 0 Å². The van der Waals surface area contributed by atoms with E-state index in [1.54, 1.807) is 10.9 Å². The molecule has 1 aliphatic heterocycles. The van der Waals surface area contributed by atoms with E-state index in [2.05, 4.69) is 16.9 Å². The molecule has 0 aromatic carbocycles. The minimum absolute atomic E-state index is 0.0650. The molecule has 0 N–H and O–H groups in total. The van der Waals surface area contributed by atoms with Crippen LogP contribution in [0.4, 0.5) is 0 Å². The van der Waals surface area contributed by atoms with Gasteiger partial charge in [-0.2, -0.15) is 5.10 Å². The highest BCUT2D eigenvalue weighted by Crippen LogP contribution is 2.12. The lowest BCUT2D eigenvalue weighted by atomic mass is 10.1. The molecular weight excluding hydrogens is 268 g/mol. The highest BCUT2D eigenvalue weighted by Gasteiger charge is 2.25. The zero-order chi connectivity index (χ0) is 15.2. The number of hydrogen-bond acceptors (Lipinski definition) is 4. The first-order valence-corrected chi connectivity index (χ1v) is 7.65. The summed E-state index contributed by atoms with van der Waals surface area (Å²) in [5, 5.41) is 4.24. The molecule has 0 saturated carbocycles. The van der Waals surface area contributed by atoms with Gasteiger partial charge in [0.25, 0.3) is 5.91 Å². The van der Waals surface area contributed by atoms with E-state index in [1.165, 1.54) is 0 Å². The molecule has 0 aliphatic carbocycles. The summed E-state index contributed by atoms with van der Waals surface area (Å²) in [5.41, 5.74) is 0.683. The normalized spacial score (nSPS) is 19.8. The molecule has 0 bridgehead atoms. The van der Waals surface area contributed by atoms with Gasteiger partial charge in [0.2, 0.25) is 0 Å². The number of carbonyl (C=O) groups excluding carboxylic acids is 1. The number of rotatable bonds is 5. The fourth-order valence-electron chi connectivity index (χ4n) is 2.76. The van der Waals surface area contributed by atoms with E-state index in [1.807, 2.05) is 25.1 Å². The minimum atomic E-state index is 0.0650. The topological polar surface area (TPSA) is 50.6 Å². The van der Waals surface area contributed by atoms with E-state index in [-0.39, 0.29) is 5.91 Å². The molecule has 21 heavy (non-hydrogen) atoms. The van der Waals surface area contributed by atoms with Crippen LogP contribution in [-0.2, 0) is 11.3 Å². The van der Waals surface area contributed by atoms with Crippen molar-refractivity contribution in [1.82, 2.24) is 19.6 Å². The lowest BCUT2D eigenvalue weighted by molar-refractivity contribution is 0.0722. The fourth-order valence-corrected chi connectivity index (χ4v) is 2.76. The molecule has 2 heterocycles. The van der Waals surface area contributed by atoms with Gasteiger partial charge in [-0.05, 0) is 26.6 Å². The number of aryl methyl sites for hydroxylation is 1. The average molecular weight is 294 g/mol. The van der Waals surface area contributed by atoms with Crippen LogP contribution in [0.15, 0.2) is 12.3 Å². The number of ether oxygens (including phenoxy) is 1. The van der Waals surface area contributed by atoms with Crippen LogP contribution in [0.25, 0.3) is 0 Å². The lowest BCUT2D eigenvalue weighted by Crippen LogP contribution is -2.39. The molecule has 2 rings (SSSR count). The van der Waals surface area contributed by atoms with E-state index in [0.29, 0.717) is 24.8 Å². The highest BCUT2D eigenvalue weighted by molar-refractivity contribution is 5.92. The van der Waals surface area contributed by atoms with Gasteiger partial charge in [-0.3, -0.25) is 9.48 Å². The van der Waals surface area contributed by atoms with E-state index >= 15 is 0 Å². The average Bonchev–Trinajstić information content (AvgIpc) is 2.76. The summed E-state index contributed by atoms with van der Waals surface area (Å²) in [6, 6.07) is 1.81.